The summed E-state index contributed by atoms with van der Waals surface area (Å²) in [4.78, 5) is 4.64. The highest BCUT2D eigenvalue weighted by atomic mass is 16.3. The maximum Gasteiger partial charge on any atom is 0.0558 e. The minimum atomic E-state index is 0.292. The molecular weight excluding hydrogens is 320 g/mol. The molecule has 3 saturated heterocycles. The molecule has 0 aromatic rings. The normalized spacial score (nSPS) is 22.3. The third kappa shape index (κ3) is 13.5. The number of piperazine rings is 3. The summed E-state index contributed by atoms with van der Waals surface area (Å²) in [6, 6.07) is 0. The lowest BCUT2D eigenvalue weighted by Crippen LogP contribution is -2.44. The number of hydrogen-bond donors (Lipinski definition) is 6. The van der Waals surface area contributed by atoms with E-state index in [0.717, 1.165) is 98.0 Å². The highest BCUT2D eigenvalue weighted by Gasteiger charge is 2.07. The van der Waals surface area contributed by atoms with Crippen molar-refractivity contribution >= 4 is 0 Å². The number of rotatable bonds is 5. The topological polar surface area (TPSA) is 95.1 Å². The van der Waals surface area contributed by atoms with Gasteiger partial charge in [0.15, 0.2) is 0 Å². The van der Waals surface area contributed by atoms with E-state index in [2.05, 4.69) is 31.1 Å². The van der Waals surface area contributed by atoms with Crippen molar-refractivity contribution in [2.24, 2.45) is 0 Å². The molecule has 8 nitrogen and oxygen atoms in total. The van der Waals surface area contributed by atoms with Gasteiger partial charge in [0.05, 0.1) is 6.61 Å². The monoisotopic (exact) mass is 360 g/mol. The van der Waals surface area contributed by atoms with Gasteiger partial charge in [-0.2, -0.15) is 0 Å². The fraction of sp³-hybridized carbons (Fsp3) is 1.00. The highest BCUT2D eigenvalue weighted by molar-refractivity contribution is 4.67. The van der Waals surface area contributed by atoms with Gasteiger partial charge in [-0.15, -0.1) is 0 Å². The summed E-state index contributed by atoms with van der Waals surface area (Å²) in [7, 11) is 0. The predicted octanol–water partition coefficient (Wildman–Crippen LogP) is -2.66. The van der Waals surface area contributed by atoms with Crippen LogP contribution in [0.2, 0.25) is 0 Å². The first-order valence-corrected chi connectivity index (χ1v) is 9.86. The standard InChI is InChI=1S/C7H16N2O.C6H14N2O.C4H10N2/c10-7-1-4-9-5-2-8-3-6-9;9-6-5-8-3-1-7-2-4-8;1-2-6-4-3-5-1/h8,10H,1-7H2;7,9H,1-6H2;5-6H,1-4H2. The van der Waals surface area contributed by atoms with Gasteiger partial charge in [0.1, 0.15) is 0 Å². The van der Waals surface area contributed by atoms with Gasteiger partial charge in [-0.25, -0.2) is 0 Å². The maximum atomic E-state index is 8.56. The zero-order chi connectivity index (χ0) is 18.0. The van der Waals surface area contributed by atoms with E-state index < -0.39 is 0 Å². The Hall–Kier alpha value is -0.320. The van der Waals surface area contributed by atoms with Gasteiger partial charge < -0.3 is 36.4 Å². The molecule has 0 radical (unpaired) electrons. The molecule has 3 aliphatic rings. The molecule has 3 fully saturated rings. The van der Waals surface area contributed by atoms with Crippen LogP contribution in [0.3, 0.4) is 0 Å². The number of nitrogens with zero attached hydrogens (tertiary/aromatic N) is 2. The lowest BCUT2D eigenvalue weighted by atomic mass is 10.3. The van der Waals surface area contributed by atoms with Crippen LogP contribution in [0.25, 0.3) is 0 Å². The van der Waals surface area contributed by atoms with Gasteiger partial charge in [-0.05, 0) is 6.42 Å². The molecule has 3 rings (SSSR count). The number of aliphatic hydroxyl groups excluding tert-OH is 2. The van der Waals surface area contributed by atoms with Gasteiger partial charge in [-0.1, -0.05) is 0 Å². The molecule has 0 atom stereocenters. The Morgan fingerprint density at radius 1 is 0.520 bits per heavy atom. The SMILES string of the molecule is C1CNCCN1.OCCCN1CCNCC1.OCCN1CCNCC1. The van der Waals surface area contributed by atoms with Crippen LogP contribution in [-0.4, -0.2) is 125 Å². The molecule has 6 N–H and O–H groups in total. The van der Waals surface area contributed by atoms with Crippen LogP contribution < -0.4 is 21.3 Å². The van der Waals surface area contributed by atoms with E-state index in [9.17, 15) is 0 Å². The first-order valence-electron chi connectivity index (χ1n) is 9.86. The summed E-state index contributed by atoms with van der Waals surface area (Å²) in [5.41, 5.74) is 0. The summed E-state index contributed by atoms with van der Waals surface area (Å²) in [5, 5.41) is 30.1. The summed E-state index contributed by atoms with van der Waals surface area (Å²) in [6.45, 7) is 15.8. The first-order chi connectivity index (χ1) is 12.4. The molecule has 0 saturated carbocycles. The third-order valence-corrected chi connectivity index (χ3v) is 4.43. The van der Waals surface area contributed by atoms with E-state index >= 15 is 0 Å². The highest BCUT2D eigenvalue weighted by Crippen LogP contribution is 1.92. The van der Waals surface area contributed by atoms with Crippen LogP contribution in [0.4, 0.5) is 0 Å². The largest absolute Gasteiger partial charge is 0.396 e. The van der Waals surface area contributed by atoms with E-state index in [1.54, 1.807) is 0 Å². The van der Waals surface area contributed by atoms with Gasteiger partial charge in [0.25, 0.3) is 0 Å². The van der Waals surface area contributed by atoms with Crippen molar-refractivity contribution in [1.82, 2.24) is 31.1 Å². The Balaban J connectivity index is 0.000000193. The summed E-state index contributed by atoms with van der Waals surface area (Å²) in [5.74, 6) is 0. The molecule has 3 aliphatic heterocycles. The van der Waals surface area contributed by atoms with Crippen molar-refractivity contribution in [1.29, 1.82) is 0 Å². The van der Waals surface area contributed by atoms with Gasteiger partial charge in [0, 0.05) is 98.2 Å². The molecule has 0 bridgehead atoms. The second-order valence-corrected chi connectivity index (χ2v) is 6.48. The van der Waals surface area contributed by atoms with Crippen molar-refractivity contribution in [2.45, 2.75) is 6.42 Å². The Morgan fingerprint density at radius 3 is 1.28 bits per heavy atom. The van der Waals surface area contributed by atoms with Gasteiger partial charge in [0.2, 0.25) is 0 Å². The molecule has 0 aliphatic carbocycles. The average molecular weight is 361 g/mol. The van der Waals surface area contributed by atoms with Crippen molar-refractivity contribution in [3.05, 3.63) is 0 Å². The summed E-state index contributed by atoms with van der Waals surface area (Å²) >= 11 is 0. The van der Waals surface area contributed by atoms with Crippen LogP contribution in [0.5, 0.6) is 0 Å². The zero-order valence-electron chi connectivity index (χ0n) is 15.8. The van der Waals surface area contributed by atoms with Crippen LogP contribution in [0, 0.1) is 0 Å². The van der Waals surface area contributed by atoms with Crippen molar-refractivity contribution < 1.29 is 10.2 Å². The van der Waals surface area contributed by atoms with Crippen LogP contribution >= 0.6 is 0 Å². The average Bonchev–Trinajstić information content (AvgIpc) is 2.71. The van der Waals surface area contributed by atoms with E-state index in [1.807, 2.05) is 0 Å². The number of hydrogen-bond acceptors (Lipinski definition) is 8. The molecule has 0 unspecified atom stereocenters. The number of aliphatic hydroxyl groups is 2. The molecule has 8 heteroatoms. The molecule has 0 amide bonds. The van der Waals surface area contributed by atoms with E-state index in [4.69, 9.17) is 10.2 Å². The smallest absolute Gasteiger partial charge is 0.0558 e. The van der Waals surface area contributed by atoms with E-state index in [0.29, 0.717) is 13.2 Å². The van der Waals surface area contributed by atoms with Crippen LogP contribution in [0.15, 0.2) is 0 Å². The fourth-order valence-electron chi connectivity index (χ4n) is 2.91. The fourth-order valence-corrected chi connectivity index (χ4v) is 2.91. The van der Waals surface area contributed by atoms with Crippen molar-refractivity contribution in [3.63, 3.8) is 0 Å². The quantitative estimate of drug-likeness (QED) is 0.316. The van der Waals surface area contributed by atoms with E-state index in [-0.39, 0.29) is 0 Å². The minimum absolute atomic E-state index is 0.292. The Morgan fingerprint density at radius 2 is 0.920 bits per heavy atom. The Bertz CT molecular complexity index is 256. The molecule has 0 aromatic heterocycles. The second kappa shape index (κ2) is 17.1. The number of nitrogens with one attached hydrogen (secondary N) is 4. The van der Waals surface area contributed by atoms with Gasteiger partial charge in [-0.3, -0.25) is 4.90 Å². The Kier molecular flexibility index (Phi) is 15.6. The molecule has 25 heavy (non-hydrogen) atoms. The second-order valence-electron chi connectivity index (χ2n) is 6.48. The molecule has 3 heterocycles. The lowest BCUT2D eigenvalue weighted by Gasteiger charge is -2.26. The number of β-amino-alcohol motifs (C(OH)–C–C–N with tert-alkyl or cyclic N) is 1. The van der Waals surface area contributed by atoms with Crippen LogP contribution in [-0.2, 0) is 0 Å². The maximum absolute atomic E-state index is 8.56. The van der Waals surface area contributed by atoms with Crippen LogP contribution in [0.1, 0.15) is 6.42 Å². The molecule has 150 valence electrons. The first kappa shape index (κ1) is 22.7. The zero-order valence-corrected chi connectivity index (χ0v) is 15.8. The van der Waals surface area contributed by atoms with Gasteiger partial charge >= 0.3 is 0 Å². The third-order valence-electron chi connectivity index (χ3n) is 4.43. The van der Waals surface area contributed by atoms with E-state index in [1.165, 1.54) is 0 Å². The minimum Gasteiger partial charge on any atom is -0.396 e. The Labute approximate surface area is 153 Å². The summed E-state index contributed by atoms with van der Waals surface area (Å²) in [6.07, 6.45) is 0.917. The van der Waals surface area contributed by atoms with Crippen molar-refractivity contribution in [3.8, 4) is 0 Å². The lowest BCUT2D eigenvalue weighted by molar-refractivity contribution is 0.180. The summed E-state index contributed by atoms with van der Waals surface area (Å²) < 4.78 is 0. The molecule has 0 spiro atoms. The molecule has 0 aromatic carbocycles. The van der Waals surface area contributed by atoms with Crippen molar-refractivity contribution in [2.75, 3.05) is 105 Å². The molecular formula is C17H40N6O2. The predicted molar refractivity (Wildman–Crippen MR) is 103 cm³/mol.